The molecule has 0 saturated heterocycles. The average molecular weight is 359 g/mol. The summed E-state index contributed by atoms with van der Waals surface area (Å²) in [7, 11) is 0. The predicted octanol–water partition coefficient (Wildman–Crippen LogP) is 5.33. The number of aromatic nitrogens is 2. The zero-order chi connectivity index (χ0) is 18.2. The van der Waals surface area contributed by atoms with Crippen LogP contribution in [-0.2, 0) is 19.3 Å². The van der Waals surface area contributed by atoms with Crippen molar-refractivity contribution in [2.45, 2.75) is 19.3 Å². The summed E-state index contributed by atoms with van der Waals surface area (Å²) in [6, 6.07) is 17.8. The van der Waals surface area contributed by atoms with Crippen molar-refractivity contribution in [3.63, 3.8) is 0 Å². The number of hydrogen-bond acceptors (Lipinski definition) is 3. The molecular weight excluding hydrogens is 342 g/mol. The summed E-state index contributed by atoms with van der Waals surface area (Å²) < 4.78 is 0. The van der Waals surface area contributed by atoms with E-state index in [1.54, 1.807) is 0 Å². The Morgan fingerprint density at radius 3 is 2.54 bits per heavy atom. The highest BCUT2D eigenvalue weighted by atomic mass is 15.2. The Kier molecular flexibility index (Phi) is 2.64. The number of anilines is 3. The Bertz CT molecular complexity index is 1290. The van der Waals surface area contributed by atoms with Gasteiger partial charge in [-0.1, -0.05) is 36.4 Å². The summed E-state index contributed by atoms with van der Waals surface area (Å²) in [4.78, 5) is 11.6. The zero-order valence-corrected chi connectivity index (χ0v) is 15.3. The van der Waals surface area contributed by atoms with E-state index in [9.17, 15) is 0 Å². The van der Waals surface area contributed by atoms with Gasteiger partial charge in [-0.15, -0.1) is 0 Å². The van der Waals surface area contributed by atoms with Crippen molar-refractivity contribution < 1.29 is 0 Å². The first-order valence-corrected chi connectivity index (χ1v) is 9.81. The lowest BCUT2D eigenvalue weighted by Gasteiger charge is -2.39. The molecule has 2 aromatic heterocycles. The summed E-state index contributed by atoms with van der Waals surface area (Å²) in [5, 5.41) is 0. The van der Waals surface area contributed by atoms with Gasteiger partial charge in [0.25, 0.3) is 0 Å². The van der Waals surface area contributed by atoms with Crippen molar-refractivity contribution in [2.75, 3.05) is 4.90 Å². The molecule has 28 heavy (non-hydrogen) atoms. The smallest absolute Gasteiger partial charge is 0.0716 e. The molecule has 2 aliphatic heterocycles. The van der Waals surface area contributed by atoms with Gasteiger partial charge < -0.3 is 4.90 Å². The van der Waals surface area contributed by atoms with E-state index in [2.05, 4.69) is 58.4 Å². The van der Waals surface area contributed by atoms with Crippen LogP contribution in [0.15, 0.2) is 67.1 Å². The third-order valence-corrected chi connectivity index (χ3v) is 6.40. The van der Waals surface area contributed by atoms with Crippen LogP contribution in [0.5, 0.6) is 0 Å². The molecule has 7 rings (SSSR count). The minimum absolute atomic E-state index is 0.894. The predicted molar refractivity (Wildman–Crippen MR) is 111 cm³/mol. The molecule has 0 atom stereocenters. The lowest BCUT2D eigenvalue weighted by Crippen LogP contribution is -2.26. The number of benzene rings is 2. The summed E-state index contributed by atoms with van der Waals surface area (Å²) >= 11 is 0. The van der Waals surface area contributed by atoms with Gasteiger partial charge in [-0.25, -0.2) is 0 Å². The lowest BCUT2D eigenvalue weighted by molar-refractivity contribution is 0.954. The molecule has 3 aliphatic rings. The second-order valence-corrected chi connectivity index (χ2v) is 7.90. The molecule has 0 fully saturated rings. The van der Waals surface area contributed by atoms with Crippen molar-refractivity contribution in [3.05, 3.63) is 101 Å². The quantitative estimate of drug-likeness (QED) is 0.367. The molecule has 0 amide bonds. The third-order valence-electron chi connectivity index (χ3n) is 6.40. The van der Waals surface area contributed by atoms with E-state index in [4.69, 9.17) is 4.98 Å². The van der Waals surface area contributed by atoms with Crippen LogP contribution in [0.1, 0.15) is 33.5 Å². The maximum absolute atomic E-state index is 4.76. The van der Waals surface area contributed by atoms with Crippen LogP contribution in [-0.4, -0.2) is 9.97 Å². The first-order chi connectivity index (χ1) is 13.9. The summed E-state index contributed by atoms with van der Waals surface area (Å²) in [6.45, 7) is 0. The molecule has 0 radical (unpaired) electrons. The molecule has 132 valence electrons. The van der Waals surface area contributed by atoms with E-state index in [0.29, 0.717) is 0 Å². The van der Waals surface area contributed by atoms with Crippen molar-refractivity contribution in [3.8, 4) is 11.1 Å². The van der Waals surface area contributed by atoms with Crippen LogP contribution in [0.25, 0.3) is 11.1 Å². The van der Waals surface area contributed by atoms with E-state index in [1.807, 2.05) is 18.6 Å². The minimum Gasteiger partial charge on any atom is -0.307 e. The van der Waals surface area contributed by atoms with Crippen LogP contribution in [0.2, 0.25) is 0 Å². The third kappa shape index (κ3) is 1.74. The summed E-state index contributed by atoms with van der Waals surface area (Å²) in [5.74, 6) is 0. The molecule has 4 aromatic rings. The first-order valence-electron chi connectivity index (χ1n) is 9.81. The van der Waals surface area contributed by atoms with E-state index >= 15 is 0 Å². The van der Waals surface area contributed by atoms with Gasteiger partial charge in [0.1, 0.15) is 0 Å². The van der Waals surface area contributed by atoms with Gasteiger partial charge in [0.2, 0.25) is 0 Å². The fraction of sp³-hybridized carbons (Fsp3) is 0.120. The molecule has 0 spiro atoms. The molecule has 3 heteroatoms. The maximum Gasteiger partial charge on any atom is 0.0716 e. The van der Waals surface area contributed by atoms with Gasteiger partial charge in [0, 0.05) is 37.0 Å². The number of rotatable bonds is 0. The number of fused-ring (bicyclic) bond motifs is 8. The molecule has 3 nitrogen and oxygen atoms in total. The highest BCUT2D eigenvalue weighted by molar-refractivity contribution is 5.98. The number of nitrogens with zero attached hydrogens (tertiary/aromatic N) is 3. The van der Waals surface area contributed by atoms with Gasteiger partial charge in [-0.2, -0.15) is 0 Å². The van der Waals surface area contributed by atoms with Crippen LogP contribution in [0, 0.1) is 0 Å². The van der Waals surface area contributed by atoms with E-state index < -0.39 is 0 Å². The van der Waals surface area contributed by atoms with Gasteiger partial charge in [0.05, 0.1) is 22.8 Å². The van der Waals surface area contributed by atoms with Crippen LogP contribution in [0.3, 0.4) is 0 Å². The molecule has 2 aromatic carbocycles. The Labute approximate surface area is 163 Å². The standard InChI is InChI=1S/C25H17N3/c1-2-4-20-15(3-1)11-16-5-6-17-13-21-24-18(7-10-27-21)12-19-14-26-9-8-22(19)28(24)25(17)23(16)20/h1-10,14H,11-13H2. The van der Waals surface area contributed by atoms with Crippen LogP contribution in [0.4, 0.5) is 17.1 Å². The van der Waals surface area contributed by atoms with Crippen LogP contribution >= 0.6 is 0 Å². The van der Waals surface area contributed by atoms with Gasteiger partial charge in [0.15, 0.2) is 0 Å². The Balaban J connectivity index is 1.60. The minimum atomic E-state index is 0.894. The Morgan fingerprint density at radius 1 is 0.679 bits per heavy atom. The second kappa shape index (κ2) is 5.08. The molecule has 4 heterocycles. The molecular formula is C25H17N3. The van der Waals surface area contributed by atoms with Gasteiger partial charge in [-0.3, -0.25) is 9.97 Å². The van der Waals surface area contributed by atoms with Gasteiger partial charge >= 0.3 is 0 Å². The summed E-state index contributed by atoms with van der Waals surface area (Å²) in [5.41, 5.74) is 14.7. The van der Waals surface area contributed by atoms with Crippen LogP contribution < -0.4 is 4.90 Å². The fourth-order valence-corrected chi connectivity index (χ4v) is 5.25. The van der Waals surface area contributed by atoms with E-state index in [1.165, 1.54) is 61.7 Å². The highest BCUT2D eigenvalue weighted by Crippen LogP contribution is 2.55. The first kappa shape index (κ1) is 14.6. The highest BCUT2D eigenvalue weighted by Gasteiger charge is 2.36. The van der Waals surface area contributed by atoms with Crippen molar-refractivity contribution in [1.82, 2.24) is 9.97 Å². The monoisotopic (exact) mass is 359 g/mol. The van der Waals surface area contributed by atoms with Gasteiger partial charge in [-0.05, 0) is 51.9 Å². The lowest BCUT2D eigenvalue weighted by atomic mass is 9.87. The SMILES string of the molecule is c1ccc2c(c1)Cc1ccc3c(c1-2)N1c2ccncc2Cc2ccnc(c21)C3. The normalized spacial score (nSPS) is 14.6. The van der Waals surface area contributed by atoms with E-state index in [0.717, 1.165) is 19.3 Å². The van der Waals surface area contributed by atoms with Crippen molar-refractivity contribution in [1.29, 1.82) is 0 Å². The van der Waals surface area contributed by atoms with Crippen molar-refractivity contribution in [2.24, 2.45) is 0 Å². The largest absolute Gasteiger partial charge is 0.307 e. The molecule has 0 saturated carbocycles. The average Bonchev–Trinajstić information content (AvgIpc) is 3.12. The zero-order valence-electron chi connectivity index (χ0n) is 15.3. The fourth-order valence-electron chi connectivity index (χ4n) is 5.25. The molecule has 0 unspecified atom stereocenters. The maximum atomic E-state index is 4.76. The van der Waals surface area contributed by atoms with Crippen molar-refractivity contribution >= 4 is 17.1 Å². The molecule has 1 aliphatic carbocycles. The Hall–Kier alpha value is -3.46. The topological polar surface area (TPSA) is 29.0 Å². The number of pyridine rings is 2. The second-order valence-electron chi connectivity index (χ2n) is 7.90. The van der Waals surface area contributed by atoms with E-state index in [-0.39, 0.29) is 0 Å². The number of hydrogen-bond donors (Lipinski definition) is 0. The molecule has 0 bridgehead atoms. The Morgan fingerprint density at radius 2 is 1.54 bits per heavy atom. The summed E-state index contributed by atoms with van der Waals surface area (Å²) in [6.07, 6.45) is 8.72. The molecule has 0 N–H and O–H groups in total.